The first kappa shape index (κ1) is 10.6. The molecule has 0 spiro atoms. The van der Waals surface area contributed by atoms with Crippen LogP contribution in [0.2, 0.25) is 0 Å². The second-order valence-electron chi connectivity index (χ2n) is 3.68. The van der Waals surface area contributed by atoms with Crippen LogP contribution in [0.15, 0.2) is 12.3 Å². The van der Waals surface area contributed by atoms with E-state index in [1.165, 1.54) is 12.8 Å². The molecule has 1 aromatic rings. The van der Waals surface area contributed by atoms with Crippen molar-refractivity contribution >= 4 is 11.6 Å². The number of methoxy groups -OCH3 is 1. The Bertz CT molecular complexity index is 339. The second kappa shape index (κ2) is 4.71. The lowest BCUT2D eigenvalue weighted by Crippen LogP contribution is -2.03. The first-order valence-electron chi connectivity index (χ1n) is 5.05. The van der Waals surface area contributed by atoms with E-state index in [1.54, 1.807) is 13.3 Å². The van der Waals surface area contributed by atoms with Crippen molar-refractivity contribution < 1.29 is 9.47 Å². The minimum Gasteiger partial charge on any atom is -0.491 e. The maximum absolute atomic E-state index is 5.76. The van der Waals surface area contributed by atoms with Gasteiger partial charge in [0, 0.05) is 12.3 Å². The van der Waals surface area contributed by atoms with Crippen LogP contribution in [0.25, 0.3) is 0 Å². The van der Waals surface area contributed by atoms with Crippen molar-refractivity contribution in [3.63, 3.8) is 0 Å². The maximum Gasteiger partial charge on any atom is 0.183 e. The van der Waals surface area contributed by atoms with Crippen LogP contribution in [0.1, 0.15) is 18.5 Å². The number of hydrogen-bond acceptors (Lipinski definition) is 3. The summed E-state index contributed by atoms with van der Waals surface area (Å²) in [7, 11) is 1.61. The fourth-order valence-electron chi connectivity index (χ4n) is 1.39. The van der Waals surface area contributed by atoms with Gasteiger partial charge in [0.05, 0.1) is 19.6 Å². The third-order valence-electron chi connectivity index (χ3n) is 2.44. The zero-order valence-electron chi connectivity index (χ0n) is 8.70. The maximum atomic E-state index is 5.76. The number of hydrogen-bond donors (Lipinski definition) is 0. The molecule has 1 heterocycles. The highest BCUT2D eigenvalue weighted by Gasteiger charge is 2.23. The quantitative estimate of drug-likeness (QED) is 0.725. The van der Waals surface area contributed by atoms with Gasteiger partial charge in [0.1, 0.15) is 5.69 Å². The first-order chi connectivity index (χ1) is 7.35. The average Bonchev–Trinajstić information content (AvgIpc) is 3.09. The van der Waals surface area contributed by atoms with Gasteiger partial charge in [-0.15, -0.1) is 11.6 Å². The topological polar surface area (TPSA) is 31.4 Å². The van der Waals surface area contributed by atoms with Gasteiger partial charge in [0.2, 0.25) is 0 Å². The molecule has 82 valence electrons. The molecule has 0 atom stereocenters. The molecule has 3 nitrogen and oxygen atoms in total. The summed E-state index contributed by atoms with van der Waals surface area (Å²) in [6.45, 7) is 0.766. The Morgan fingerprint density at radius 3 is 2.93 bits per heavy atom. The number of rotatable bonds is 5. The Morgan fingerprint density at radius 1 is 1.53 bits per heavy atom. The molecule has 4 heteroatoms. The second-order valence-corrected chi connectivity index (χ2v) is 3.94. The lowest BCUT2D eigenvalue weighted by atomic mass is 10.3. The normalized spacial score (nSPS) is 15.1. The molecular weight excluding hydrogens is 214 g/mol. The molecule has 0 aromatic carbocycles. The van der Waals surface area contributed by atoms with Crippen LogP contribution in [0.4, 0.5) is 0 Å². The smallest absolute Gasteiger partial charge is 0.183 e. The van der Waals surface area contributed by atoms with E-state index >= 15 is 0 Å². The SMILES string of the molecule is COc1c(OCC2CC2)ccnc1CCl. The predicted octanol–water partition coefficient (Wildman–Crippen LogP) is 2.62. The van der Waals surface area contributed by atoms with Gasteiger partial charge in [-0.05, 0) is 18.8 Å². The van der Waals surface area contributed by atoms with E-state index in [0.717, 1.165) is 24.0 Å². The van der Waals surface area contributed by atoms with Crippen LogP contribution in [0.5, 0.6) is 11.5 Å². The highest BCUT2D eigenvalue weighted by molar-refractivity contribution is 6.17. The summed E-state index contributed by atoms with van der Waals surface area (Å²) in [6, 6.07) is 1.82. The van der Waals surface area contributed by atoms with Gasteiger partial charge in [-0.1, -0.05) is 0 Å². The summed E-state index contributed by atoms with van der Waals surface area (Å²) in [5, 5.41) is 0. The standard InChI is InChI=1S/C11H14ClNO2/c1-14-11-9(6-12)13-5-4-10(11)15-7-8-2-3-8/h4-5,8H,2-3,6-7H2,1H3. The number of aromatic nitrogens is 1. The minimum absolute atomic E-state index is 0.337. The molecule has 0 aliphatic heterocycles. The number of nitrogens with zero attached hydrogens (tertiary/aromatic N) is 1. The van der Waals surface area contributed by atoms with Crippen LogP contribution >= 0.6 is 11.6 Å². The molecule has 1 fully saturated rings. The van der Waals surface area contributed by atoms with Crippen molar-refractivity contribution in [3.05, 3.63) is 18.0 Å². The van der Waals surface area contributed by atoms with Crippen LogP contribution in [0.3, 0.4) is 0 Å². The van der Waals surface area contributed by atoms with E-state index in [0.29, 0.717) is 11.6 Å². The van der Waals surface area contributed by atoms with E-state index in [-0.39, 0.29) is 0 Å². The fraction of sp³-hybridized carbons (Fsp3) is 0.545. The lowest BCUT2D eigenvalue weighted by molar-refractivity contribution is 0.278. The number of ether oxygens (including phenoxy) is 2. The summed E-state index contributed by atoms with van der Waals surface area (Å²) in [5.74, 6) is 2.47. The van der Waals surface area contributed by atoms with E-state index in [9.17, 15) is 0 Å². The van der Waals surface area contributed by atoms with Gasteiger partial charge in [-0.2, -0.15) is 0 Å². The van der Waals surface area contributed by atoms with Gasteiger partial charge in [-0.3, -0.25) is 4.98 Å². The van der Waals surface area contributed by atoms with Crippen molar-refractivity contribution in [2.75, 3.05) is 13.7 Å². The van der Waals surface area contributed by atoms with Gasteiger partial charge in [0.25, 0.3) is 0 Å². The van der Waals surface area contributed by atoms with E-state index in [1.807, 2.05) is 6.07 Å². The molecule has 0 bridgehead atoms. The van der Waals surface area contributed by atoms with Crippen molar-refractivity contribution in [2.45, 2.75) is 18.7 Å². The first-order valence-corrected chi connectivity index (χ1v) is 5.59. The van der Waals surface area contributed by atoms with Crippen molar-refractivity contribution in [1.82, 2.24) is 4.98 Å². The third-order valence-corrected chi connectivity index (χ3v) is 2.70. The molecule has 1 aliphatic carbocycles. The zero-order chi connectivity index (χ0) is 10.7. The summed E-state index contributed by atoms with van der Waals surface area (Å²) in [5.41, 5.74) is 0.729. The van der Waals surface area contributed by atoms with E-state index < -0.39 is 0 Å². The average molecular weight is 228 g/mol. The summed E-state index contributed by atoms with van der Waals surface area (Å²) < 4.78 is 10.9. The molecule has 1 aromatic heterocycles. The number of alkyl halides is 1. The largest absolute Gasteiger partial charge is 0.491 e. The molecule has 0 radical (unpaired) electrons. The Morgan fingerprint density at radius 2 is 2.33 bits per heavy atom. The Labute approximate surface area is 94.4 Å². The van der Waals surface area contributed by atoms with Gasteiger partial charge < -0.3 is 9.47 Å². The van der Waals surface area contributed by atoms with E-state index in [2.05, 4.69) is 4.98 Å². The summed E-state index contributed by atoms with van der Waals surface area (Å²) in [4.78, 5) is 4.13. The lowest BCUT2D eigenvalue weighted by Gasteiger charge is -2.11. The van der Waals surface area contributed by atoms with Crippen LogP contribution in [0, 0.1) is 5.92 Å². The molecule has 0 amide bonds. The highest BCUT2D eigenvalue weighted by Crippen LogP contribution is 2.34. The Balaban J connectivity index is 2.12. The molecule has 0 unspecified atom stereocenters. The van der Waals surface area contributed by atoms with E-state index in [4.69, 9.17) is 21.1 Å². The van der Waals surface area contributed by atoms with Gasteiger partial charge in [0.15, 0.2) is 11.5 Å². The number of halogens is 1. The minimum atomic E-state index is 0.337. The van der Waals surface area contributed by atoms with Crippen LogP contribution in [-0.2, 0) is 5.88 Å². The van der Waals surface area contributed by atoms with Crippen LogP contribution < -0.4 is 9.47 Å². The predicted molar refractivity (Wildman–Crippen MR) is 58.6 cm³/mol. The van der Waals surface area contributed by atoms with Crippen LogP contribution in [-0.4, -0.2) is 18.7 Å². The Kier molecular flexibility index (Phi) is 3.31. The highest BCUT2D eigenvalue weighted by atomic mass is 35.5. The zero-order valence-corrected chi connectivity index (χ0v) is 9.46. The molecule has 1 saturated carbocycles. The van der Waals surface area contributed by atoms with Crippen molar-refractivity contribution in [2.24, 2.45) is 5.92 Å². The van der Waals surface area contributed by atoms with Crippen molar-refractivity contribution in [1.29, 1.82) is 0 Å². The molecule has 15 heavy (non-hydrogen) atoms. The Hall–Kier alpha value is -0.960. The molecular formula is C11H14ClNO2. The van der Waals surface area contributed by atoms with Crippen molar-refractivity contribution in [3.8, 4) is 11.5 Å². The summed E-state index contributed by atoms with van der Waals surface area (Å²) in [6.07, 6.45) is 4.24. The molecule has 2 rings (SSSR count). The van der Waals surface area contributed by atoms with Gasteiger partial charge in [-0.25, -0.2) is 0 Å². The molecule has 0 N–H and O–H groups in total. The summed E-state index contributed by atoms with van der Waals surface area (Å²) >= 11 is 5.76. The monoisotopic (exact) mass is 227 g/mol. The molecule has 0 saturated heterocycles. The third kappa shape index (κ3) is 2.53. The van der Waals surface area contributed by atoms with Gasteiger partial charge >= 0.3 is 0 Å². The number of pyridine rings is 1. The molecule has 1 aliphatic rings. The fourth-order valence-corrected chi connectivity index (χ4v) is 1.58.